The zero-order valence-electron chi connectivity index (χ0n) is 17.1. The van der Waals surface area contributed by atoms with E-state index in [1.165, 1.54) is 13.0 Å². The number of ether oxygens (including phenoxy) is 1. The Bertz CT molecular complexity index is 431. The van der Waals surface area contributed by atoms with Crippen molar-refractivity contribution in [2.75, 3.05) is 45.9 Å². The lowest BCUT2D eigenvalue weighted by molar-refractivity contribution is -0.133. The fourth-order valence-electron chi connectivity index (χ4n) is 4.26. The molecule has 0 bridgehead atoms. The molecule has 0 aromatic heterocycles. The largest absolute Gasteiger partial charge is 0.375 e. The van der Waals surface area contributed by atoms with Crippen LogP contribution in [0.4, 0.5) is 0 Å². The molecule has 0 spiro atoms. The Kier molecular flexibility index (Phi) is 7.29. The first kappa shape index (κ1) is 20.7. The van der Waals surface area contributed by atoms with Gasteiger partial charge in [-0.2, -0.15) is 0 Å². The summed E-state index contributed by atoms with van der Waals surface area (Å²) in [5, 5.41) is 3.18. The minimum absolute atomic E-state index is 0.0384. The quantitative estimate of drug-likeness (QED) is 0.764. The lowest BCUT2D eigenvalue weighted by atomic mass is 9.79. The molecule has 2 heterocycles. The summed E-state index contributed by atoms with van der Waals surface area (Å²) in [5.41, 5.74) is -0.0827. The summed E-state index contributed by atoms with van der Waals surface area (Å²) in [6.07, 6.45) is 3.82. The number of hydrogen-bond donors (Lipinski definition) is 1. The van der Waals surface area contributed by atoms with Crippen molar-refractivity contribution in [2.24, 2.45) is 5.92 Å². The number of amides is 1. The first-order valence-electron chi connectivity index (χ1n) is 10.1. The number of nitrogens with zero attached hydrogens (tertiary/aromatic N) is 2. The molecule has 2 aliphatic heterocycles. The topological polar surface area (TPSA) is 44.8 Å². The summed E-state index contributed by atoms with van der Waals surface area (Å²) >= 11 is 0. The molecule has 1 unspecified atom stereocenters. The van der Waals surface area contributed by atoms with E-state index in [0.29, 0.717) is 6.42 Å². The van der Waals surface area contributed by atoms with Gasteiger partial charge in [0.1, 0.15) is 0 Å². The van der Waals surface area contributed by atoms with Gasteiger partial charge in [0.15, 0.2) is 0 Å². The third-order valence-corrected chi connectivity index (χ3v) is 5.82. The summed E-state index contributed by atoms with van der Waals surface area (Å²) in [6.45, 7) is 18.1. The smallest absolute Gasteiger partial charge is 0.219 e. The van der Waals surface area contributed by atoms with E-state index >= 15 is 0 Å². The van der Waals surface area contributed by atoms with Crippen LogP contribution in [0, 0.1) is 5.92 Å². The van der Waals surface area contributed by atoms with Crippen molar-refractivity contribution < 1.29 is 9.53 Å². The van der Waals surface area contributed by atoms with Gasteiger partial charge in [-0.1, -0.05) is 20.8 Å². The second-order valence-corrected chi connectivity index (χ2v) is 8.90. The van der Waals surface area contributed by atoms with Crippen LogP contribution in [0.2, 0.25) is 0 Å². The zero-order chi connectivity index (χ0) is 18.5. The minimum atomic E-state index is -0.121. The Labute approximate surface area is 154 Å². The summed E-state index contributed by atoms with van der Waals surface area (Å²) < 4.78 is 5.98. The monoisotopic (exact) mass is 353 g/mol. The van der Waals surface area contributed by atoms with Crippen LogP contribution >= 0.6 is 0 Å². The fourth-order valence-corrected chi connectivity index (χ4v) is 4.26. The first-order valence-corrected chi connectivity index (χ1v) is 10.1. The molecule has 0 radical (unpaired) electrons. The Hall–Kier alpha value is -0.650. The molecule has 1 N–H and O–H groups in total. The van der Waals surface area contributed by atoms with Gasteiger partial charge in [-0.15, -0.1) is 0 Å². The van der Waals surface area contributed by atoms with Gasteiger partial charge in [0.2, 0.25) is 5.91 Å². The normalized spacial score (nSPS) is 28.2. The van der Waals surface area contributed by atoms with Crippen molar-refractivity contribution in [2.45, 2.75) is 71.4 Å². The fraction of sp³-hybridized carbons (Fsp3) is 0.950. The molecule has 5 nitrogen and oxygen atoms in total. The number of hydrogen-bond acceptors (Lipinski definition) is 4. The van der Waals surface area contributed by atoms with Gasteiger partial charge in [0.25, 0.3) is 0 Å². The van der Waals surface area contributed by atoms with Crippen LogP contribution in [-0.2, 0) is 9.53 Å². The van der Waals surface area contributed by atoms with Crippen LogP contribution in [-0.4, -0.2) is 72.7 Å². The van der Waals surface area contributed by atoms with E-state index in [1.807, 2.05) is 6.92 Å². The van der Waals surface area contributed by atoms with E-state index in [9.17, 15) is 4.79 Å². The molecule has 0 saturated carbocycles. The van der Waals surface area contributed by atoms with Gasteiger partial charge < -0.3 is 15.0 Å². The maximum atomic E-state index is 11.9. The zero-order valence-corrected chi connectivity index (χ0v) is 17.1. The average molecular weight is 354 g/mol. The molecule has 0 aromatic rings. The molecule has 1 amide bonds. The van der Waals surface area contributed by atoms with Crippen LogP contribution in [0.15, 0.2) is 0 Å². The molecule has 0 aromatic carbocycles. The highest BCUT2D eigenvalue weighted by Gasteiger charge is 2.45. The molecule has 1 atom stereocenters. The Balaban J connectivity index is 2.00. The minimum Gasteiger partial charge on any atom is -0.375 e. The van der Waals surface area contributed by atoms with Crippen molar-refractivity contribution in [1.29, 1.82) is 0 Å². The number of carbonyl (C=O) groups is 1. The molecule has 2 rings (SSSR count). The van der Waals surface area contributed by atoms with Gasteiger partial charge in [0.05, 0.1) is 5.60 Å². The molecule has 5 heteroatoms. The van der Waals surface area contributed by atoms with Gasteiger partial charge in [-0.05, 0) is 45.6 Å². The van der Waals surface area contributed by atoms with E-state index in [4.69, 9.17) is 4.74 Å². The first-order chi connectivity index (χ1) is 11.8. The third-order valence-electron chi connectivity index (χ3n) is 5.82. The number of nitrogens with one attached hydrogen (secondary N) is 1. The third kappa shape index (κ3) is 5.93. The second-order valence-electron chi connectivity index (χ2n) is 8.90. The van der Waals surface area contributed by atoms with Crippen molar-refractivity contribution in [3.05, 3.63) is 0 Å². The SMILES string of the molecule is CCC(=O)NCC1(N2CCN(CCC(C)C)CC2)CCOC(C)(C)C1. The molecular formula is C20H39N3O2. The van der Waals surface area contributed by atoms with Crippen LogP contribution < -0.4 is 5.32 Å². The number of rotatable bonds is 7. The van der Waals surface area contributed by atoms with E-state index < -0.39 is 0 Å². The number of carbonyl (C=O) groups excluding carboxylic acids is 1. The number of piperazine rings is 1. The molecular weight excluding hydrogens is 314 g/mol. The summed E-state index contributed by atoms with van der Waals surface area (Å²) in [7, 11) is 0. The Morgan fingerprint density at radius 2 is 1.88 bits per heavy atom. The predicted octanol–water partition coefficient (Wildman–Crippen LogP) is 2.50. The lowest BCUT2D eigenvalue weighted by Crippen LogP contribution is -2.65. The maximum Gasteiger partial charge on any atom is 0.219 e. The predicted molar refractivity (Wildman–Crippen MR) is 103 cm³/mol. The highest BCUT2D eigenvalue weighted by Crippen LogP contribution is 2.36. The van der Waals surface area contributed by atoms with Crippen LogP contribution in [0.1, 0.15) is 60.3 Å². The van der Waals surface area contributed by atoms with Crippen LogP contribution in [0.3, 0.4) is 0 Å². The molecule has 2 aliphatic rings. The van der Waals surface area contributed by atoms with Gasteiger partial charge >= 0.3 is 0 Å². The second kappa shape index (κ2) is 8.83. The van der Waals surface area contributed by atoms with Crippen molar-refractivity contribution in [3.8, 4) is 0 Å². The van der Waals surface area contributed by atoms with Crippen molar-refractivity contribution >= 4 is 5.91 Å². The van der Waals surface area contributed by atoms with E-state index in [1.54, 1.807) is 0 Å². The molecule has 0 aliphatic carbocycles. The summed E-state index contributed by atoms with van der Waals surface area (Å²) in [5.74, 6) is 0.921. The molecule has 2 fully saturated rings. The molecule has 146 valence electrons. The van der Waals surface area contributed by atoms with E-state index in [2.05, 4.69) is 42.8 Å². The van der Waals surface area contributed by atoms with E-state index in [-0.39, 0.29) is 17.0 Å². The van der Waals surface area contributed by atoms with Gasteiger partial charge in [-0.25, -0.2) is 0 Å². The molecule has 25 heavy (non-hydrogen) atoms. The van der Waals surface area contributed by atoms with Gasteiger partial charge in [-0.3, -0.25) is 9.69 Å². The van der Waals surface area contributed by atoms with Crippen LogP contribution in [0.5, 0.6) is 0 Å². The Morgan fingerprint density at radius 3 is 2.44 bits per heavy atom. The lowest BCUT2D eigenvalue weighted by Gasteiger charge is -2.53. The standard InChI is InChI=1S/C20H39N3O2/c1-6-18(24)21-16-20(8-14-25-19(4,5)15-20)23-12-10-22(11-13-23)9-7-17(2)3/h17H,6-16H2,1-5H3,(H,21,24). The Morgan fingerprint density at radius 1 is 1.20 bits per heavy atom. The molecule has 2 saturated heterocycles. The van der Waals surface area contributed by atoms with Crippen LogP contribution in [0.25, 0.3) is 0 Å². The van der Waals surface area contributed by atoms with E-state index in [0.717, 1.165) is 58.1 Å². The highest BCUT2D eigenvalue weighted by atomic mass is 16.5. The maximum absolute atomic E-state index is 11.9. The van der Waals surface area contributed by atoms with Crippen molar-refractivity contribution in [1.82, 2.24) is 15.1 Å². The average Bonchev–Trinajstić information content (AvgIpc) is 2.57. The highest BCUT2D eigenvalue weighted by molar-refractivity contribution is 5.75. The van der Waals surface area contributed by atoms with Gasteiger partial charge in [0, 0.05) is 51.3 Å². The van der Waals surface area contributed by atoms with Crippen molar-refractivity contribution in [3.63, 3.8) is 0 Å². The summed E-state index contributed by atoms with van der Waals surface area (Å²) in [4.78, 5) is 17.1. The summed E-state index contributed by atoms with van der Waals surface area (Å²) in [6, 6.07) is 0.